The summed E-state index contributed by atoms with van der Waals surface area (Å²) in [6, 6.07) is 17.0. The van der Waals surface area contributed by atoms with Crippen LogP contribution in [0.3, 0.4) is 0 Å². The van der Waals surface area contributed by atoms with Crippen LogP contribution >= 0.6 is 23.2 Å². The third-order valence-corrected chi connectivity index (χ3v) is 7.24. The van der Waals surface area contributed by atoms with Crippen LogP contribution in [-0.4, -0.2) is 25.2 Å². The van der Waals surface area contributed by atoms with Crippen LogP contribution < -0.4 is 5.32 Å². The molecule has 32 heavy (non-hydrogen) atoms. The molecular weight excluding hydrogens is 467 g/mol. The van der Waals surface area contributed by atoms with Gasteiger partial charge in [-0.3, -0.25) is 4.79 Å². The second-order valence-corrected chi connectivity index (χ2v) is 10.5. The molecule has 0 fully saturated rings. The van der Waals surface area contributed by atoms with Crippen molar-refractivity contribution in [3.63, 3.8) is 0 Å². The van der Waals surface area contributed by atoms with Gasteiger partial charge in [0.2, 0.25) is 15.9 Å². The molecule has 0 aliphatic heterocycles. The number of anilines is 1. The summed E-state index contributed by atoms with van der Waals surface area (Å²) in [5.41, 5.74) is 4.09. The molecule has 0 unspecified atom stereocenters. The Hall–Kier alpha value is -2.38. The average Bonchev–Trinajstić information content (AvgIpc) is 2.68. The Balaban J connectivity index is 1.92. The minimum atomic E-state index is -3.97. The molecule has 0 saturated heterocycles. The number of aryl methyl sites for hydroxylation is 3. The summed E-state index contributed by atoms with van der Waals surface area (Å²) in [5, 5.41) is 3.57. The number of nitrogens with zero attached hydrogens (tertiary/aromatic N) is 1. The summed E-state index contributed by atoms with van der Waals surface area (Å²) in [5.74, 6) is -0.448. The molecule has 168 valence electrons. The Morgan fingerprint density at radius 2 is 1.50 bits per heavy atom. The largest absolute Gasteiger partial charge is 0.325 e. The van der Waals surface area contributed by atoms with E-state index in [0.717, 1.165) is 21.0 Å². The third kappa shape index (κ3) is 6.11. The first kappa shape index (κ1) is 24.3. The fourth-order valence-corrected chi connectivity index (χ4v) is 5.18. The number of rotatable bonds is 7. The van der Waals surface area contributed by atoms with E-state index in [2.05, 4.69) is 5.32 Å². The van der Waals surface area contributed by atoms with Gasteiger partial charge in [0.05, 0.1) is 11.4 Å². The second kappa shape index (κ2) is 10.0. The summed E-state index contributed by atoms with van der Waals surface area (Å²) >= 11 is 12.3. The molecule has 3 aromatic rings. The van der Waals surface area contributed by atoms with Crippen molar-refractivity contribution in [2.24, 2.45) is 0 Å². The van der Waals surface area contributed by atoms with Crippen LogP contribution in [0.4, 0.5) is 5.69 Å². The molecule has 8 heteroatoms. The Morgan fingerprint density at radius 3 is 2.09 bits per heavy atom. The maximum absolute atomic E-state index is 13.4. The molecule has 0 saturated carbocycles. The predicted molar refractivity (Wildman–Crippen MR) is 130 cm³/mol. The van der Waals surface area contributed by atoms with E-state index in [1.54, 1.807) is 30.3 Å². The summed E-state index contributed by atoms with van der Waals surface area (Å²) in [4.78, 5) is 12.9. The lowest BCUT2D eigenvalue weighted by Crippen LogP contribution is -2.37. The monoisotopic (exact) mass is 490 g/mol. The lowest BCUT2D eigenvalue weighted by atomic mass is 10.1. The summed E-state index contributed by atoms with van der Waals surface area (Å²) in [6.45, 7) is 5.28. The standard InChI is InChI=1S/C24H24Cl2N2O3S/c1-16-4-8-22(9-5-16)32(30,31)28(14-19-6-7-20(25)13-23(19)26)15-24(29)27-21-11-17(2)10-18(3)12-21/h4-13H,14-15H2,1-3H3,(H,27,29). The van der Waals surface area contributed by atoms with Crippen molar-refractivity contribution in [3.05, 3.63) is 93.0 Å². The zero-order valence-electron chi connectivity index (χ0n) is 18.0. The minimum Gasteiger partial charge on any atom is -0.325 e. The highest BCUT2D eigenvalue weighted by atomic mass is 35.5. The molecule has 0 bridgehead atoms. The molecule has 1 amide bonds. The van der Waals surface area contributed by atoms with Crippen molar-refractivity contribution < 1.29 is 13.2 Å². The number of carbonyl (C=O) groups is 1. The first-order valence-corrected chi connectivity index (χ1v) is 12.1. The van der Waals surface area contributed by atoms with Crippen LogP contribution in [0.15, 0.2) is 65.6 Å². The zero-order chi connectivity index (χ0) is 23.5. The number of benzene rings is 3. The Kier molecular flexibility index (Phi) is 7.62. The van der Waals surface area contributed by atoms with Crippen molar-refractivity contribution in [2.75, 3.05) is 11.9 Å². The molecule has 0 atom stereocenters. The van der Waals surface area contributed by atoms with Crippen molar-refractivity contribution in [3.8, 4) is 0 Å². The van der Waals surface area contributed by atoms with E-state index in [1.165, 1.54) is 12.1 Å². The van der Waals surface area contributed by atoms with Crippen LogP contribution in [0.25, 0.3) is 0 Å². The highest BCUT2D eigenvalue weighted by molar-refractivity contribution is 7.89. The topological polar surface area (TPSA) is 66.5 Å². The van der Waals surface area contributed by atoms with E-state index in [1.807, 2.05) is 39.0 Å². The highest BCUT2D eigenvalue weighted by Gasteiger charge is 2.27. The van der Waals surface area contributed by atoms with Gasteiger partial charge in [-0.25, -0.2) is 8.42 Å². The minimum absolute atomic E-state index is 0.0769. The predicted octanol–water partition coefficient (Wildman–Crippen LogP) is 5.75. The van der Waals surface area contributed by atoms with Gasteiger partial charge in [-0.1, -0.05) is 53.0 Å². The van der Waals surface area contributed by atoms with Gasteiger partial charge in [0.1, 0.15) is 0 Å². The van der Waals surface area contributed by atoms with Gasteiger partial charge in [-0.15, -0.1) is 0 Å². The number of sulfonamides is 1. The van der Waals surface area contributed by atoms with Crippen LogP contribution in [0.5, 0.6) is 0 Å². The van der Waals surface area contributed by atoms with Gasteiger partial charge in [-0.05, 0) is 73.9 Å². The van der Waals surface area contributed by atoms with Crippen LogP contribution in [-0.2, 0) is 21.4 Å². The van der Waals surface area contributed by atoms with Gasteiger partial charge >= 0.3 is 0 Å². The first-order valence-electron chi connectivity index (χ1n) is 9.93. The molecule has 0 heterocycles. The lowest BCUT2D eigenvalue weighted by molar-refractivity contribution is -0.116. The molecule has 3 aromatic carbocycles. The normalized spacial score (nSPS) is 11.6. The van der Waals surface area contributed by atoms with Crippen molar-refractivity contribution in [2.45, 2.75) is 32.2 Å². The number of amides is 1. The molecule has 0 radical (unpaired) electrons. The van der Waals surface area contributed by atoms with Crippen LogP contribution in [0.2, 0.25) is 10.0 Å². The lowest BCUT2D eigenvalue weighted by Gasteiger charge is -2.23. The van der Waals surface area contributed by atoms with Crippen molar-refractivity contribution >= 4 is 44.8 Å². The molecule has 3 rings (SSSR count). The molecule has 0 aliphatic rings. The number of hydrogen-bond donors (Lipinski definition) is 1. The SMILES string of the molecule is Cc1ccc(S(=O)(=O)N(CC(=O)Nc2cc(C)cc(C)c2)Cc2ccc(Cl)cc2Cl)cc1. The summed E-state index contributed by atoms with van der Waals surface area (Å²) in [7, 11) is -3.97. The molecule has 0 aromatic heterocycles. The number of hydrogen-bond acceptors (Lipinski definition) is 3. The average molecular weight is 491 g/mol. The van der Waals surface area contributed by atoms with Crippen LogP contribution in [0.1, 0.15) is 22.3 Å². The highest BCUT2D eigenvalue weighted by Crippen LogP contribution is 2.25. The molecule has 0 spiro atoms. The zero-order valence-corrected chi connectivity index (χ0v) is 20.4. The van der Waals surface area contributed by atoms with E-state index in [-0.39, 0.29) is 18.0 Å². The van der Waals surface area contributed by atoms with Gasteiger partial charge in [-0.2, -0.15) is 4.31 Å². The fraction of sp³-hybridized carbons (Fsp3) is 0.208. The molecule has 5 nitrogen and oxygen atoms in total. The van der Waals surface area contributed by atoms with Crippen molar-refractivity contribution in [1.82, 2.24) is 4.31 Å². The van der Waals surface area contributed by atoms with E-state index < -0.39 is 15.9 Å². The smallest absolute Gasteiger partial charge is 0.243 e. The maximum atomic E-state index is 13.4. The summed E-state index contributed by atoms with van der Waals surface area (Å²) in [6.07, 6.45) is 0. The fourth-order valence-electron chi connectivity index (χ4n) is 3.33. The molecular formula is C24H24Cl2N2O3S. The van der Waals surface area contributed by atoms with E-state index in [9.17, 15) is 13.2 Å². The van der Waals surface area contributed by atoms with E-state index in [4.69, 9.17) is 23.2 Å². The van der Waals surface area contributed by atoms with E-state index in [0.29, 0.717) is 21.3 Å². The Labute approximate surface area is 199 Å². The van der Waals surface area contributed by atoms with Crippen molar-refractivity contribution in [1.29, 1.82) is 0 Å². The maximum Gasteiger partial charge on any atom is 0.243 e. The number of nitrogens with one attached hydrogen (secondary N) is 1. The van der Waals surface area contributed by atoms with Gasteiger partial charge in [0.15, 0.2) is 0 Å². The third-order valence-electron chi connectivity index (χ3n) is 4.85. The second-order valence-electron chi connectivity index (χ2n) is 7.75. The van der Waals surface area contributed by atoms with Gasteiger partial charge < -0.3 is 5.32 Å². The summed E-state index contributed by atoms with van der Waals surface area (Å²) < 4.78 is 27.9. The quantitative estimate of drug-likeness (QED) is 0.458. The molecule has 0 aliphatic carbocycles. The van der Waals surface area contributed by atoms with Crippen LogP contribution in [0, 0.1) is 20.8 Å². The first-order chi connectivity index (χ1) is 15.0. The van der Waals surface area contributed by atoms with E-state index >= 15 is 0 Å². The Bertz CT molecular complexity index is 1220. The number of carbonyl (C=O) groups excluding carboxylic acids is 1. The van der Waals surface area contributed by atoms with Gasteiger partial charge in [0, 0.05) is 22.3 Å². The Morgan fingerprint density at radius 1 is 0.875 bits per heavy atom. The number of halogens is 2. The van der Waals surface area contributed by atoms with Gasteiger partial charge in [0.25, 0.3) is 0 Å². The molecule has 1 N–H and O–H groups in total.